The number of hydrogen-bond donors (Lipinski definition) is 4. The zero-order chi connectivity index (χ0) is 25.8. The van der Waals surface area contributed by atoms with Crippen molar-refractivity contribution in [1.82, 2.24) is 20.4 Å². The lowest BCUT2D eigenvalue weighted by Gasteiger charge is -2.38. The van der Waals surface area contributed by atoms with Gasteiger partial charge in [-0.2, -0.15) is 5.10 Å². The van der Waals surface area contributed by atoms with E-state index in [0.717, 1.165) is 29.7 Å². The molecule has 192 valence electrons. The third kappa shape index (κ3) is 4.33. The molecule has 1 unspecified atom stereocenters. The SMILES string of the molecule is CC(C)(CO)C(NC(=O)N1Cc2c(NC(=O)C3(S(C)(C)C)CC3)n[nH]c2C1(C)C)c1ccccc1. The van der Waals surface area contributed by atoms with Crippen molar-refractivity contribution in [3.63, 3.8) is 0 Å². The van der Waals surface area contributed by atoms with Gasteiger partial charge in [0.2, 0.25) is 5.91 Å². The highest BCUT2D eigenvalue weighted by molar-refractivity contribution is 8.34. The molecule has 2 heterocycles. The number of fused-ring (bicyclic) bond motifs is 1. The number of amides is 3. The number of H-pyrrole nitrogens is 1. The standard InChI is InChI=1S/C26H39N5O3S/c1-24(2,16-32)19(17-11-9-8-10-12-17)27-23(34)31-15-18-20(25(31,3)4)29-30-21(18)28-22(33)26(13-14-26)35(5,6)7/h8-12,19,32H,13-16H2,1-7H3,(H,27,34)(H2,28,29,30,33). The Balaban J connectivity index is 1.56. The maximum atomic E-state index is 13.6. The van der Waals surface area contributed by atoms with Crippen molar-refractivity contribution < 1.29 is 14.7 Å². The van der Waals surface area contributed by atoms with E-state index >= 15 is 0 Å². The molecule has 8 nitrogen and oxygen atoms in total. The van der Waals surface area contributed by atoms with Gasteiger partial charge in [-0.05, 0) is 51.0 Å². The van der Waals surface area contributed by atoms with Gasteiger partial charge in [0, 0.05) is 11.0 Å². The lowest BCUT2D eigenvalue weighted by Crippen LogP contribution is -2.50. The van der Waals surface area contributed by atoms with Gasteiger partial charge in [-0.3, -0.25) is 9.89 Å². The van der Waals surface area contributed by atoms with E-state index in [1.165, 1.54) is 0 Å². The van der Waals surface area contributed by atoms with Crippen molar-refractivity contribution >= 4 is 27.8 Å². The topological polar surface area (TPSA) is 110 Å². The van der Waals surface area contributed by atoms with E-state index in [4.69, 9.17) is 0 Å². The number of aliphatic hydroxyl groups is 1. The van der Waals surface area contributed by atoms with Crippen LogP contribution in [0.15, 0.2) is 30.3 Å². The highest BCUT2D eigenvalue weighted by atomic mass is 32.3. The summed E-state index contributed by atoms with van der Waals surface area (Å²) in [6.07, 6.45) is 8.36. The molecular weight excluding hydrogens is 462 g/mol. The van der Waals surface area contributed by atoms with E-state index < -0.39 is 21.0 Å². The fraction of sp³-hybridized carbons (Fsp3) is 0.577. The van der Waals surface area contributed by atoms with Gasteiger partial charge in [0.1, 0.15) is 0 Å². The molecule has 0 spiro atoms. The predicted octanol–water partition coefficient (Wildman–Crippen LogP) is 4.09. The largest absolute Gasteiger partial charge is 0.396 e. The molecule has 1 atom stereocenters. The van der Waals surface area contributed by atoms with Crippen molar-refractivity contribution in [2.24, 2.45) is 5.41 Å². The van der Waals surface area contributed by atoms with E-state index in [1.54, 1.807) is 4.90 Å². The number of carbonyl (C=O) groups excluding carboxylic acids is 2. The monoisotopic (exact) mass is 501 g/mol. The van der Waals surface area contributed by atoms with E-state index in [1.807, 2.05) is 58.0 Å². The molecule has 0 radical (unpaired) electrons. The highest BCUT2D eigenvalue weighted by Gasteiger charge is 2.56. The van der Waals surface area contributed by atoms with Crippen molar-refractivity contribution in [2.45, 2.75) is 63.4 Å². The van der Waals surface area contributed by atoms with Crippen LogP contribution in [-0.2, 0) is 16.9 Å². The number of rotatable bonds is 7. The van der Waals surface area contributed by atoms with Crippen molar-refractivity contribution in [1.29, 1.82) is 0 Å². The van der Waals surface area contributed by atoms with Crippen LogP contribution >= 0.6 is 10.0 Å². The molecule has 0 saturated heterocycles. The Labute approximate surface area is 209 Å². The molecule has 4 rings (SSSR count). The number of carbonyl (C=O) groups is 2. The number of urea groups is 1. The Kier molecular flexibility index (Phi) is 6.25. The third-order valence-corrected chi connectivity index (χ3v) is 10.8. The summed E-state index contributed by atoms with van der Waals surface area (Å²) in [5.74, 6) is 0.544. The molecule has 1 aromatic heterocycles. The number of benzene rings is 1. The molecule has 9 heteroatoms. The average molecular weight is 502 g/mol. The summed E-state index contributed by atoms with van der Waals surface area (Å²) < 4.78 is -0.289. The van der Waals surface area contributed by atoms with Gasteiger partial charge in [-0.1, -0.05) is 44.2 Å². The first kappa shape index (κ1) is 25.6. The number of hydrogen-bond acceptors (Lipinski definition) is 4. The highest BCUT2D eigenvalue weighted by Crippen LogP contribution is 2.64. The first-order chi connectivity index (χ1) is 16.2. The average Bonchev–Trinajstić information content (AvgIpc) is 3.46. The quantitative estimate of drug-likeness (QED) is 0.458. The lowest BCUT2D eigenvalue weighted by atomic mass is 9.81. The van der Waals surface area contributed by atoms with Crippen LogP contribution in [0, 0.1) is 5.41 Å². The number of nitrogens with one attached hydrogen (secondary N) is 3. The van der Waals surface area contributed by atoms with Gasteiger partial charge in [0.25, 0.3) is 0 Å². The smallest absolute Gasteiger partial charge is 0.318 e. The first-order valence-corrected chi connectivity index (χ1v) is 14.9. The fourth-order valence-corrected chi connectivity index (χ4v) is 7.00. The molecule has 1 aliphatic carbocycles. The molecule has 1 fully saturated rings. The van der Waals surface area contributed by atoms with Crippen LogP contribution in [0.4, 0.5) is 10.6 Å². The van der Waals surface area contributed by atoms with Gasteiger partial charge in [-0.15, -0.1) is 0 Å². The summed E-state index contributed by atoms with van der Waals surface area (Å²) in [6, 6.07) is 9.10. The van der Waals surface area contributed by atoms with Gasteiger partial charge < -0.3 is 20.6 Å². The maximum Gasteiger partial charge on any atom is 0.318 e. The summed E-state index contributed by atoms with van der Waals surface area (Å²) in [7, 11) is -1.06. The van der Waals surface area contributed by atoms with E-state index in [2.05, 4.69) is 39.6 Å². The molecule has 3 amide bonds. The van der Waals surface area contributed by atoms with Crippen molar-refractivity contribution in [3.05, 3.63) is 47.2 Å². The van der Waals surface area contributed by atoms with Gasteiger partial charge in [0.05, 0.1) is 35.2 Å². The fourth-order valence-electron chi connectivity index (χ4n) is 5.07. The molecule has 35 heavy (non-hydrogen) atoms. The zero-order valence-corrected chi connectivity index (χ0v) is 22.7. The van der Waals surface area contributed by atoms with Crippen LogP contribution in [-0.4, -0.2) is 62.3 Å². The lowest BCUT2D eigenvalue weighted by molar-refractivity contribution is -0.116. The molecule has 1 aromatic carbocycles. The van der Waals surface area contributed by atoms with E-state index in [9.17, 15) is 14.7 Å². The Hall–Kier alpha value is -2.52. The van der Waals surface area contributed by atoms with Crippen LogP contribution in [0.2, 0.25) is 0 Å². The minimum atomic E-state index is -1.06. The molecule has 2 aromatic rings. The molecule has 4 N–H and O–H groups in total. The summed E-state index contributed by atoms with van der Waals surface area (Å²) in [5.41, 5.74) is 1.39. The number of nitrogens with zero attached hydrogens (tertiary/aromatic N) is 2. The summed E-state index contributed by atoms with van der Waals surface area (Å²) >= 11 is 0. The van der Waals surface area contributed by atoms with Gasteiger partial charge >= 0.3 is 6.03 Å². The molecule has 0 bridgehead atoms. The third-order valence-electron chi connectivity index (χ3n) is 7.83. The second-order valence-electron chi connectivity index (χ2n) is 11.8. The maximum absolute atomic E-state index is 13.6. The normalized spacial score (nSPS) is 19.6. The van der Waals surface area contributed by atoms with E-state index in [-0.39, 0.29) is 29.3 Å². The molecule has 2 aliphatic rings. The first-order valence-electron chi connectivity index (χ1n) is 12.1. The second-order valence-corrected chi connectivity index (χ2v) is 16.3. The van der Waals surface area contributed by atoms with Crippen LogP contribution in [0.5, 0.6) is 0 Å². The Morgan fingerprint density at radius 1 is 1.20 bits per heavy atom. The second kappa shape index (κ2) is 8.55. The van der Waals surface area contributed by atoms with Crippen molar-refractivity contribution in [2.75, 3.05) is 30.7 Å². The minimum Gasteiger partial charge on any atom is -0.396 e. The van der Waals surface area contributed by atoms with Gasteiger partial charge in [-0.25, -0.2) is 14.8 Å². The molecule has 1 saturated carbocycles. The zero-order valence-electron chi connectivity index (χ0n) is 21.9. The van der Waals surface area contributed by atoms with E-state index in [0.29, 0.717) is 12.4 Å². The Morgan fingerprint density at radius 2 is 1.83 bits per heavy atom. The van der Waals surface area contributed by atoms with Crippen LogP contribution in [0.25, 0.3) is 0 Å². The van der Waals surface area contributed by atoms with Gasteiger partial charge in [0.15, 0.2) is 5.82 Å². The van der Waals surface area contributed by atoms with Crippen LogP contribution < -0.4 is 10.6 Å². The summed E-state index contributed by atoms with van der Waals surface area (Å²) in [4.78, 5) is 28.6. The van der Waals surface area contributed by atoms with Crippen LogP contribution in [0.3, 0.4) is 0 Å². The Bertz CT molecular complexity index is 1120. The Morgan fingerprint density at radius 3 is 2.37 bits per heavy atom. The summed E-state index contributed by atoms with van der Waals surface area (Å²) in [6.45, 7) is 8.07. The predicted molar refractivity (Wildman–Crippen MR) is 142 cm³/mol. The number of aliphatic hydroxyl groups excluding tert-OH is 1. The number of aromatic nitrogens is 2. The number of aromatic amines is 1. The van der Waals surface area contributed by atoms with Crippen molar-refractivity contribution in [3.8, 4) is 0 Å². The minimum absolute atomic E-state index is 0.0313. The molecule has 1 aliphatic heterocycles. The summed E-state index contributed by atoms with van der Waals surface area (Å²) in [5, 5.41) is 23.8. The number of anilines is 1. The van der Waals surface area contributed by atoms with Crippen LogP contribution in [0.1, 0.15) is 63.4 Å². The molecular formula is C26H39N5O3S.